The van der Waals surface area contributed by atoms with Crippen LogP contribution in [0.2, 0.25) is 0 Å². The standard InChI is InChI=1S/C21H22N6O2/c1-29-21-23-9-6-19(25-21)26-11-7-16(8-12-26)20(28)27-18(5-10-24-27)17-4-2-3-15(13-17)14-22/h2-4,6,9-10,13,16,18H,5,7-8,11-12H2,1H3. The Hall–Kier alpha value is -3.47. The van der Waals surface area contributed by atoms with E-state index >= 15 is 0 Å². The van der Waals surface area contributed by atoms with Gasteiger partial charge in [-0.1, -0.05) is 12.1 Å². The van der Waals surface area contributed by atoms with Crippen LogP contribution >= 0.6 is 0 Å². The third-order valence-corrected chi connectivity index (χ3v) is 5.43. The van der Waals surface area contributed by atoms with Crippen molar-refractivity contribution < 1.29 is 9.53 Å². The zero-order valence-corrected chi connectivity index (χ0v) is 16.2. The van der Waals surface area contributed by atoms with Crippen LogP contribution in [0.3, 0.4) is 0 Å². The summed E-state index contributed by atoms with van der Waals surface area (Å²) in [5.74, 6) is 0.783. The fourth-order valence-corrected chi connectivity index (χ4v) is 3.87. The van der Waals surface area contributed by atoms with Gasteiger partial charge in [0.1, 0.15) is 5.82 Å². The molecule has 0 bridgehead atoms. The van der Waals surface area contributed by atoms with Gasteiger partial charge in [0.2, 0.25) is 5.91 Å². The van der Waals surface area contributed by atoms with Crippen LogP contribution < -0.4 is 9.64 Å². The molecule has 1 saturated heterocycles. The number of rotatable bonds is 4. The zero-order chi connectivity index (χ0) is 20.2. The maximum absolute atomic E-state index is 13.2. The minimum atomic E-state index is -0.139. The summed E-state index contributed by atoms with van der Waals surface area (Å²) < 4.78 is 5.10. The largest absolute Gasteiger partial charge is 0.467 e. The van der Waals surface area contributed by atoms with Crippen LogP contribution in [0.25, 0.3) is 0 Å². The number of benzene rings is 1. The molecule has 0 N–H and O–H groups in total. The van der Waals surface area contributed by atoms with Crippen LogP contribution in [0.1, 0.15) is 36.4 Å². The first kappa shape index (κ1) is 18.9. The molecule has 8 nitrogen and oxygen atoms in total. The summed E-state index contributed by atoms with van der Waals surface area (Å²) in [5, 5.41) is 15.1. The molecular weight excluding hydrogens is 368 g/mol. The third-order valence-electron chi connectivity index (χ3n) is 5.43. The molecule has 1 atom stereocenters. The maximum atomic E-state index is 13.2. The van der Waals surface area contributed by atoms with Crippen LogP contribution in [0.4, 0.5) is 5.82 Å². The number of hydrogen-bond donors (Lipinski definition) is 0. The van der Waals surface area contributed by atoms with Gasteiger partial charge in [-0.3, -0.25) is 4.79 Å². The normalized spacial score (nSPS) is 19.2. The first-order valence-electron chi connectivity index (χ1n) is 9.67. The van der Waals surface area contributed by atoms with Gasteiger partial charge in [-0.05, 0) is 36.6 Å². The molecule has 3 heterocycles. The quantitative estimate of drug-likeness (QED) is 0.796. The molecule has 1 aromatic heterocycles. The summed E-state index contributed by atoms with van der Waals surface area (Å²) in [6.07, 6.45) is 5.60. The molecule has 0 radical (unpaired) electrons. The number of hydrazone groups is 1. The molecule has 4 rings (SSSR count). The highest BCUT2D eigenvalue weighted by Crippen LogP contribution is 2.32. The highest BCUT2D eigenvalue weighted by atomic mass is 16.5. The van der Waals surface area contributed by atoms with Crippen molar-refractivity contribution in [3.8, 4) is 12.1 Å². The van der Waals surface area contributed by atoms with Crippen molar-refractivity contribution in [1.82, 2.24) is 15.0 Å². The van der Waals surface area contributed by atoms with E-state index in [1.54, 1.807) is 30.6 Å². The fraction of sp³-hybridized carbons (Fsp3) is 0.381. The Kier molecular flexibility index (Phi) is 5.38. The fourth-order valence-electron chi connectivity index (χ4n) is 3.87. The minimum absolute atomic E-state index is 0.0472. The average Bonchev–Trinajstić information content (AvgIpc) is 3.29. The Bertz CT molecular complexity index is 962. The van der Waals surface area contributed by atoms with Crippen molar-refractivity contribution in [2.45, 2.75) is 25.3 Å². The first-order chi connectivity index (χ1) is 14.2. The van der Waals surface area contributed by atoms with E-state index in [0.29, 0.717) is 18.0 Å². The highest BCUT2D eigenvalue weighted by molar-refractivity contribution is 5.82. The predicted octanol–water partition coefficient (Wildman–Crippen LogP) is 2.53. The summed E-state index contributed by atoms with van der Waals surface area (Å²) in [4.78, 5) is 23.7. The highest BCUT2D eigenvalue weighted by Gasteiger charge is 2.35. The van der Waals surface area contributed by atoms with Crippen molar-refractivity contribution in [3.05, 3.63) is 47.7 Å². The molecule has 2 aliphatic heterocycles. The van der Waals surface area contributed by atoms with Gasteiger partial charge >= 0.3 is 6.01 Å². The van der Waals surface area contributed by atoms with Crippen molar-refractivity contribution in [3.63, 3.8) is 0 Å². The second-order valence-corrected chi connectivity index (χ2v) is 7.13. The number of nitrogens with zero attached hydrogens (tertiary/aromatic N) is 6. The molecule has 1 fully saturated rings. The number of ether oxygens (including phenoxy) is 1. The minimum Gasteiger partial charge on any atom is -0.467 e. The summed E-state index contributed by atoms with van der Waals surface area (Å²) in [6.45, 7) is 1.48. The number of methoxy groups -OCH3 is 1. The van der Waals surface area contributed by atoms with Gasteiger partial charge in [0.25, 0.3) is 0 Å². The lowest BCUT2D eigenvalue weighted by atomic mass is 9.94. The molecule has 29 heavy (non-hydrogen) atoms. The third kappa shape index (κ3) is 3.90. The number of anilines is 1. The monoisotopic (exact) mass is 390 g/mol. The lowest BCUT2D eigenvalue weighted by Crippen LogP contribution is -2.41. The van der Waals surface area contributed by atoms with Crippen molar-refractivity contribution in [1.29, 1.82) is 5.26 Å². The molecule has 1 aromatic carbocycles. The Morgan fingerprint density at radius 1 is 1.28 bits per heavy atom. The van der Waals surface area contributed by atoms with E-state index < -0.39 is 0 Å². The average molecular weight is 390 g/mol. The van der Waals surface area contributed by atoms with E-state index in [2.05, 4.69) is 26.0 Å². The molecule has 1 unspecified atom stereocenters. The van der Waals surface area contributed by atoms with Crippen LogP contribution in [-0.4, -0.2) is 47.3 Å². The van der Waals surface area contributed by atoms with Crippen LogP contribution in [0.5, 0.6) is 6.01 Å². The smallest absolute Gasteiger partial charge is 0.318 e. The van der Waals surface area contributed by atoms with Gasteiger partial charge in [0.05, 0.1) is 24.8 Å². The SMILES string of the molecule is COc1nccc(N2CCC(C(=O)N3N=CCC3c3cccc(C#N)c3)CC2)n1. The van der Waals surface area contributed by atoms with Gasteiger partial charge in [0, 0.05) is 37.8 Å². The van der Waals surface area contributed by atoms with E-state index in [1.807, 2.05) is 24.3 Å². The van der Waals surface area contributed by atoms with Crippen molar-refractivity contribution in [2.24, 2.45) is 11.0 Å². The Morgan fingerprint density at radius 3 is 2.86 bits per heavy atom. The number of piperidine rings is 1. The van der Waals surface area contributed by atoms with Gasteiger partial charge in [-0.15, -0.1) is 0 Å². The van der Waals surface area contributed by atoms with E-state index in [9.17, 15) is 4.79 Å². The van der Waals surface area contributed by atoms with Gasteiger partial charge < -0.3 is 9.64 Å². The molecule has 0 aliphatic carbocycles. The summed E-state index contributed by atoms with van der Waals surface area (Å²) in [5.41, 5.74) is 1.54. The summed E-state index contributed by atoms with van der Waals surface area (Å²) in [7, 11) is 1.54. The van der Waals surface area contributed by atoms with Crippen molar-refractivity contribution >= 4 is 17.9 Å². The zero-order valence-electron chi connectivity index (χ0n) is 16.2. The summed E-state index contributed by atoms with van der Waals surface area (Å²) >= 11 is 0. The van der Waals surface area contributed by atoms with E-state index in [4.69, 9.17) is 10.00 Å². The number of amides is 1. The van der Waals surface area contributed by atoms with E-state index in [-0.39, 0.29) is 17.9 Å². The van der Waals surface area contributed by atoms with Crippen LogP contribution in [0, 0.1) is 17.2 Å². The second-order valence-electron chi connectivity index (χ2n) is 7.13. The molecule has 0 saturated carbocycles. The molecule has 2 aliphatic rings. The topological polar surface area (TPSA) is 94.7 Å². The number of carbonyl (C=O) groups excluding carboxylic acids is 1. The van der Waals surface area contributed by atoms with Crippen LogP contribution in [-0.2, 0) is 4.79 Å². The van der Waals surface area contributed by atoms with E-state index in [1.165, 1.54) is 0 Å². The predicted molar refractivity (Wildman–Crippen MR) is 107 cm³/mol. The van der Waals surface area contributed by atoms with Gasteiger partial charge in [-0.2, -0.15) is 15.3 Å². The molecule has 0 spiro atoms. The summed E-state index contributed by atoms with van der Waals surface area (Å²) in [6, 6.07) is 11.6. The maximum Gasteiger partial charge on any atom is 0.318 e. The molecule has 148 valence electrons. The number of aromatic nitrogens is 2. The Labute approximate surface area is 169 Å². The van der Waals surface area contributed by atoms with Gasteiger partial charge in [0.15, 0.2) is 0 Å². The van der Waals surface area contributed by atoms with Crippen molar-refractivity contribution in [2.75, 3.05) is 25.1 Å². The molecule has 2 aromatic rings. The number of carbonyl (C=O) groups is 1. The lowest BCUT2D eigenvalue weighted by Gasteiger charge is -2.34. The Morgan fingerprint density at radius 2 is 2.10 bits per heavy atom. The van der Waals surface area contributed by atoms with E-state index in [0.717, 1.165) is 37.3 Å². The number of nitriles is 1. The van der Waals surface area contributed by atoms with Gasteiger partial charge in [-0.25, -0.2) is 9.99 Å². The molecule has 8 heteroatoms. The van der Waals surface area contributed by atoms with Crippen LogP contribution in [0.15, 0.2) is 41.6 Å². The molecule has 1 amide bonds. The Balaban J connectivity index is 1.42. The first-order valence-corrected chi connectivity index (χ1v) is 9.67. The second kappa shape index (κ2) is 8.27. The molecular formula is C21H22N6O2. The number of hydrogen-bond acceptors (Lipinski definition) is 7. The lowest BCUT2D eigenvalue weighted by molar-refractivity contribution is -0.138.